The highest BCUT2D eigenvalue weighted by Gasteiger charge is 2.19. The van der Waals surface area contributed by atoms with E-state index in [0.717, 1.165) is 26.1 Å². The predicted molar refractivity (Wildman–Crippen MR) is 91.0 cm³/mol. The summed E-state index contributed by atoms with van der Waals surface area (Å²) in [7, 11) is -1.89. The number of nitrogens with zero attached hydrogens (tertiary/aromatic N) is 1. The molecule has 0 bridgehead atoms. The van der Waals surface area contributed by atoms with Crippen LogP contribution in [0.1, 0.15) is 16.8 Å². The largest absolute Gasteiger partial charge is 0.384 e. The fraction of sp³-hybridized carbons (Fsp3) is 0.533. The monoisotopic (exact) mass is 362 g/mol. The first-order valence-corrected chi connectivity index (χ1v) is 9.01. The minimum atomic E-state index is -3.36. The normalized spacial score (nSPS) is 15.6. The lowest BCUT2D eigenvalue weighted by Gasteiger charge is -2.20. The van der Waals surface area contributed by atoms with E-state index in [2.05, 4.69) is 5.32 Å². The van der Waals surface area contributed by atoms with Crippen molar-refractivity contribution in [3.63, 3.8) is 0 Å². The molecule has 1 aromatic carbocycles. The molecule has 0 saturated carbocycles. The van der Waals surface area contributed by atoms with Crippen LogP contribution >= 0.6 is 12.4 Å². The molecular weight excluding hydrogens is 340 g/mol. The van der Waals surface area contributed by atoms with Crippen molar-refractivity contribution in [2.75, 3.05) is 45.6 Å². The van der Waals surface area contributed by atoms with Crippen LogP contribution in [-0.4, -0.2) is 64.9 Å². The molecule has 1 heterocycles. The summed E-state index contributed by atoms with van der Waals surface area (Å²) in [6.07, 6.45) is 0.926. The van der Waals surface area contributed by atoms with Crippen molar-refractivity contribution in [3.8, 4) is 0 Å². The SMILES string of the molecule is COCCS(=O)(=O)c1ccc(C(=O)N2CCCNCC2)cc1.Cl. The average molecular weight is 363 g/mol. The van der Waals surface area contributed by atoms with Crippen LogP contribution in [-0.2, 0) is 14.6 Å². The second kappa shape index (κ2) is 9.22. The molecule has 0 atom stereocenters. The molecule has 0 spiro atoms. The molecule has 23 heavy (non-hydrogen) atoms. The zero-order valence-electron chi connectivity index (χ0n) is 13.2. The highest BCUT2D eigenvalue weighted by atomic mass is 35.5. The first kappa shape index (κ1) is 19.9. The van der Waals surface area contributed by atoms with Gasteiger partial charge in [0.05, 0.1) is 17.3 Å². The number of nitrogens with one attached hydrogen (secondary N) is 1. The van der Waals surface area contributed by atoms with E-state index in [1.165, 1.54) is 19.2 Å². The number of hydrogen-bond acceptors (Lipinski definition) is 5. The van der Waals surface area contributed by atoms with Crippen LogP contribution in [0.25, 0.3) is 0 Å². The van der Waals surface area contributed by atoms with Crippen LogP contribution in [0.3, 0.4) is 0 Å². The lowest BCUT2D eigenvalue weighted by Crippen LogP contribution is -2.34. The van der Waals surface area contributed by atoms with Gasteiger partial charge in [-0.15, -0.1) is 12.4 Å². The topological polar surface area (TPSA) is 75.7 Å². The molecule has 130 valence electrons. The molecule has 1 aliphatic rings. The van der Waals surface area contributed by atoms with Gasteiger partial charge < -0.3 is 15.0 Å². The summed E-state index contributed by atoms with van der Waals surface area (Å²) in [5.74, 6) is -0.112. The number of hydrogen-bond donors (Lipinski definition) is 1. The first-order chi connectivity index (χ1) is 10.5. The average Bonchev–Trinajstić information content (AvgIpc) is 2.81. The quantitative estimate of drug-likeness (QED) is 0.844. The van der Waals surface area contributed by atoms with E-state index in [0.29, 0.717) is 12.1 Å². The molecule has 0 unspecified atom stereocenters. The number of methoxy groups -OCH3 is 1. The van der Waals surface area contributed by atoms with E-state index in [1.807, 2.05) is 0 Å². The lowest BCUT2D eigenvalue weighted by atomic mass is 10.2. The van der Waals surface area contributed by atoms with Gasteiger partial charge >= 0.3 is 0 Å². The number of carbonyl (C=O) groups excluding carboxylic acids is 1. The molecule has 0 aromatic heterocycles. The minimum absolute atomic E-state index is 0. The van der Waals surface area contributed by atoms with Crippen LogP contribution in [0.4, 0.5) is 0 Å². The molecule has 8 heteroatoms. The summed E-state index contributed by atoms with van der Waals surface area (Å²) in [6.45, 7) is 3.26. The number of rotatable bonds is 5. The van der Waals surface area contributed by atoms with Crippen LogP contribution in [0.2, 0.25) is 0 Å². The maximum absolute atomic E-state index is 12.4. The number of amides is 1. The number of carbonyl (C=O) groups is 1. The Morgan fingerprint density at radius 2 is 1.91 bits per heavy atom. The maximum Gasteiger partial charge on any atom is 0.253 e. The van der Waals surface area contributed by atoms with Gasteiger partial charge in [0.15, 0.2) is 9.84 Å². The summed E-state index contributed by atoms with van der Waals surface area (Å²) < 4.78 is 28.9. The Kier molecular flexibility index (Phi) is 7.98. The number of benzene rings is 1. The predicted octanol–water partition coefficient (Wildman–Crippen LogP) is 0.964. The van der Waals surface area contributed by atoms with Crippen LogP contribution in [0, 0.1) is 0 Å². The van der Waals surface area contributed by atoms with E-state index in [-0.39, 0.29) is 35.6 Å². The smallest absolute Gasteiger partial charge is 0.253 e. The van der Waals surface area contributed by atoms with Crippen LogP contribution in [0.15, 0.2) is 29.2 Å². The van der Waals surface area contributed by atoms with Gasteiger partial charge in [-0.3, -0.25) is 4.79 Å². The van der Waals surface area contributed by atoms with Gasteiger partial charge in [-0.25, -0.2) is 8.42 Å². The molecule has 0 aliphatic carbocycles. The van der Waals surface area contributed by atoms with Crippen molar-refractivity contribution < 1.29 is 17.9 Å². The van der Waals surface area contributed by atoms with Crippen LogP contribution < -0.4 is 5.32 Å². The zero-order valence-corrected chi connectivity index (χ0v) is 14.8. The molecule has 1 aliphatic heterocycles. The fourth-order valence-electron chi connectivity index (χ4n) is 2.35. The molecular formula is C15H23ClN2O4S. The second-order valence-electron chi connectivity index (χ2n) is 5.23. The third-order valence-electron chi connectivity index (χ3n) is 3.64. The Morgan fingerprint density at radius 1 is 1.22 bits per heavy atom. The first-order valence-electron chi connectivity index (χ1n) is 7.36. The highest BCUT2D eigenvalue weighted by molar-refractivity contribution is 7.91. The Hall–Kier alpha value is -1.15. The number of halogens is 1. The maximum atomic E-state index is 12.4. The number of ether oxygens (including phenoxy) is 1. The lowest BCUT2D eigenvalue weighted by molar-refractivity contribution is 0.0766. The van der Waals surface area contributed by atoms with Crippen molar-refractivity contribution in [3.05, 3.63) is 29.8 Å². The summed E-state index contributed by atoms with van der Waals surface area (Å²) >= 11 is 0. The molecule has 2 rings (SSSR count). The summed E-state index contributed by atoms with van der Waals surface area (Å²) in [4.78, 5) is 14.4. The van der Waals surface area contributed by atoms with E-state index in [4.69, 9.17) is 4.74 Å². The molecule has 1 N–H and O–H groups in total. The highest BCUT2D eigenvalue weighted by Crippen LogP contribution is 2.14. The number of sulfone groups is 1. The minimum Gasteiger partial charge on any atom is -0.384 e. The fourth-order valence-corrected chi connectivity index (χ4v) is 3.52. The Balaban J connectivity index is 0.00000264. The van der Waals surface area contributed by atoms with Gasteiger partial charge in [0.1, 0.15) is 0 Å². The van der Waals surface area contributed by atoms with Gasteiger partial charge in [0.2, 0.25) is 0 Å². The van der Waals surface area contributed by atoms with Crippen molar-refractivity contribution in [2.45, 2.75) is 11.3 Å². The summed E-state index contributed by atoms with van der Waals surface area (Å²) in [5, 5.41) is 3.25. The van der Waals surface area contributed by atoms with Crippen molar-refractivity contribution >= 4 is 28.2 Å². The molecule has 1 aromatic rings. The van der Waals surface area contributed by atoms with Crippen molar-refractivity contribution in [1.29, 1.82) is 0 Å². The van der Waals surface area contributed by atoms with Crippen molar-refractivity contribution in [2.24, 2.45) is 0 Å². The second-order valence-corrected chi connectivity index (χ2v) is 7.34. The van der Waals surface area contributed by atoms with Gasteiger partial charge in [-0.2, -0.15) is 0 Å². The molecule has 1 fully saturated rings. The third kappa shape index (κ3) is 5.46. The van der Waals surface area contributed by atoms with Gasteiger partial charge in [0.25, 0.3) is 5.91 Å². The Labute approximate surface area is 143 Å². The summed E-state index contributed by atoms with van der Waals surface area (Å²) in [5.41, 5.74) is 0.521. The van der Waals surface area contributed by atoms with Crippen LogP contribution in [0.5, 0.6) is 0 Å². The van der Waals surface area contributed by atoms with E-state index >= 15 is 0 Å². The van der Waals surface area contributed by atoms with E-state index in [9.17, 15) is 13.2 Å². The molecule has 1 amide bonds. The van der Waals surface area contributed by atoms with Gasteiger partial charge in [-0.1, -0.05) is 0 Å². The molecule has 6 nitrogen and oxygen atoms in total. The van der Waals surface area contributed by atoms with Gasteiger partial charge in [-0.05, 0) is 37.2 Å². The van der Waals surface area contributed by atoms with Crippen molar-refractivity contribution in [1.82, 2.24) is 10.2 Å². The standard InChI is InChI=1S/C15H22N2O4S.ClH/c1-21-11-12-22(19,20)14-5-3-13(4-6-14)15(18)17-9-2-7-16-8-10-17;/h3-6,16H,2,7-12H2,1H3;1H. The Morgan fingerprint density at radius 3 is 2.57 bits per heavy atom. The Bertz CT molecular complexity index is 596. The molecule has 1 saturated heterocycles. The molecule has 0 radical (unpaired) electrons. The summed E-state index contributed by atoms with van der Waals surface area (Å²) in [6, 6.07) is 6.16. The van der Waals surface area contributed by atoms with E-state index < -0.39 is 9.84 Å². The third-order valence-corrected chi connectivity index (χ3v) is 5.34. The van der Waals surface area contributed by atoms with E-state index in [1.54, 1.807) is 17.0 Å². The zero-order chi connectivity index (χ0) is 16.0. The van der Waals surface area contributed by atoms with Gasteiger partial charge in [0, 0.05) is 32.3 Å².